The van der Waals surface area contributed by atoms with Crippen LogP contribution in [0.5, 0.6) is 0 Å². The molecule has 0 spiro atoms. The van der Waals surface area contributed by atoms with Crippen molar-refractivity contribution in [2.24, 2.45) is 5.73 Å². The number of hydrogen-bond donors (Lipinski definition) is 3. The number of carbonyl (C=O) groups excluding carboxylic acids is 2. The van der Waals surface area contributed by atoms with Crippen molar-refractivity contribution >= 4 is 17.6 Å². The maximum Gasteiger partial charge on any atom is 0.316 e. The van der Waals surface area contributed by atoms with E-state index in [1.807, 2.05) is 18.2 Å². The maximum absolute atomic E-state index is 11.8. The standard InChI is InChI=1S/C19H23NO.C13H16N2O.2H2/c1-16-10-12-18(13-11-16)14-15-20-19(21)9-5-8-17-6-3-2-4-7-17;14-13(16)15-12-10-5-1-3-8(10)7-9-4-2-6-11(9)12;;/h2-4,6-7,10-13H,5,8-9,14-15H2,1H3,(H,20,21);7H,1-6H2,(H3,14,15,16);2*1H. The first-order valence-electron chi connectivity index (χ1n) is 13.6. The number of benzene rings is 3. The first-order valence-corrected chi connectivity index (χ1v) is 13.6. The second-order valence-electron chi connectivity index (χ2n) is 10.1. The van der Waals surface area contributed by atoms with Gasteiger partial charge >= 0.3 is 6.03 Å². The summed E-state index contributed by atoms with van der Waals surface area (Å²) >= 11 is 0. The molecule has 37 heavy (non-hydrogen) atoms. The smallest absolute Gasteiger partial charge is 0.316 e. The van der Waals surface area contributed by atoms with Gasteiger partial charge in [-0.1, -0.05) is 66.2 Å². The molecular weight excluding hydrogens is 458 g/mol. The summed E-state index contributed by atoms with van der Waals surface area (Å²) in [6.07, 6.45) is 10.2. The van der Waals surface area contributed by atoms with E-state index in [0.29, 0.717) is 13.0 Å². The number of nitrogens with two attached hydrogens (primary N) is 1. The highest BCUT2D eigenvalue weighted by molar-refractivity contribution is 5.90. The van der Waals surface area contributed by atoms with Crippen molar-refractivity contribution in [1.82, 2.24) is 5.32 Å². The number of anilines is 1. The number of rotatable bonds is 8. The summed E-state index contributed by atoms with van der Waals surface area (Å²) < 4.78 is 0. The van der Waals surface area contributed by atoms with E-state index in [2.05, 4.69) is 60.0 Å². The number of primary amides is 1. The summed E-state index contributed by atoms with van der Waals surface area (Å²) in [4.78, 5) is 22.8. The van der Waals surface area contributed by atoms with Crippen molar-refractivity contribution < 1.29 is 12.4 Å². The van der Waals surface area contributed by atoms with E-state index in [9.17, 15) is 9.59 Å². The van der Waals surface area contributed by atoms with Crippen LogP contribution in [0.25, 0.3) is 0 Å². The average Bonchev–Trinajstić information content (AvgIpc) is 3.56. The van der Waals surface area contributed by atoms with E-state index < -0.39 is 6.03 Å². The highest BCUT2D eigenvalue weighted by atomic mass is 16.2. The lowest BCUT2D eigenvalue weighted by atomic mass is 9.99. The fourth-order valence-corrected chi connectivity index (χ4v) is 5.38. The first kappa shape index (κ1) is 26.5. The van der Waals surface area contributed by atoms with Gasteiger partial charge in [-0.05, 0) is 98.1 Å². The molecule has 0 aromatic heterocycles. The molecule has 0 unspecified atom stereocenters. The molecule has 198 valence electrons. The van der Waals surface area contributed by atoms with Crippen molar-refractivity contribution in [2.75, 3.05) is 11.9 Å². The van der Waals surface area contributed by atoms with E-state index in [4.69, 9.17) is 5.73 Å². The van der Waals surface area contributed by atoms with Crippen LogP contribution in [0, 0.1) is 6.92 Å². The zero-order valence-corrected chi connectivity index (χ0v) is 21.9. The third kappa shape index (κ3) is 7.69. The number of amides is 3. The summed E-state index contributed by atoms with van der Waals surface area (Å²) in [6.45, 7) is 2.80. The molecular formula is C32H43N3O2. The van der Waals surface area contributed by atoms with Crippen molar-refractivity contribution in [2.45, 2.75) is 71.1 Å². The van der Waals surface area contributed by atoms with Gasteiger partial charge in [-0.25, -0.2) is 4.79 Å². The van der Waals surface area contributed by atoms with E-state index in [1.165, 1.54) is 51.8 Å². The maximum atomic E-state index is 11.8. The Kier molecular flexibility index (Phi) is 9.36. The minimum absolute atomic E-state index is 0. The predicted molar refractivity (Wildman–Crippen MR) is 155 cm³/mol. The monoisotopic (exact) mass is 501 g/mol. The summed E-state index contributed by atoms with van der Waals surface area (Å²) in [5.41, 5.74) is 15.6. The van der Waals surface area contributed by atoms with Gasteiger partial charge in [0.1, 0.15) is 0 Å². The van der Waals surface area contributed by atoms with E-state index >= 15 is 0 Å². The molecule has 2 aliphatic rings. The molecule has 5 rings (SSSR count). The van der Waals surface area contributed by atoms with E-state index in [1.54, 1.807) is 0 Å². The topological polar surface area (TPSA) is 84.2 Å². The minimum atomic E-state index is -0.436. The lowest BCUT2D eigenvalue weighted by molar-refractivity contribution is -0.121. The van der Waals surface area contributed by atoms with Gasteiger partial charge in [-0.2, -0.15) is 0 Å². The molecule has 0 bridgehead atoms. The quantitative estimate of drug-likeness (QED) is 0.337. The lowest BCUT2D eigenvalue weighted by Crippen LogP contribution is -2.25. The largest absolute Gasteiger partial charge is 0.356 e. The molecule has 2 aliphatic carbocycles. The van der Waals surface area contributed by atoms with Crippen LogP contribution in [-0.4, -0.2) is 18.5 Å². The Morgan fingerprint density at radius 1 is 0.838 bits per heavy atom. The minimum Gasteiger partial charge on any atom is -0.356 e. The molecule has 0 aliphatic heterocycles. The fourth-order valence-electron chi connectivity index (χ4n) is 5.38. The number of fused-ring (bicyclic) bond motifs is 2. The van der Waals surface area contributed by atoms with Crippen LogP contribution in [-0.2, 0) is 43.3 Å². The Morgan fingerprint density at radius 3 is 2.08 bits per heavy atom. The van der Waals surface area contributed by atoms with Crippen LogP contribution in [0.15, 0.2) is 60.7 Å². The van der Waals surface area contributed by atoms with Gasteiger partial charge in [0, 0.05) is 21.5 Å². The van der Waals surface area contributed by atoms with E-state index in [-0.39, 0.29) is 8.76 Å². The summed E-state index contributed by atoms with van der Waals surface area (Å²) in [5.74, 6) is 0.151. The highest BCUT2D eigenvalue weighted by Crippen LogP contribution is 2.38. The van der Waals surface area contributed by atoms with Crippen LogP contribution in [0.4, 0.5) is 10.5 Å². The molecule has 5 heteroatoms. The van der Waals surface area contributed by atoms with Crippen molar-refractivity contribution in [3.63, 3.8) is 0 Å². The predicted octanol–water partition coefficient (Wildman–Crippen LogP) is 6.32. The summed E-state index contributed by atoms with van der Waals surface area (Å²) in [5, 5.41) is 5.84. The first-order chi connectivity index (χ1) is 18.0. The Hall–Kier alpha value is -3.60. The van der Waals surface area contributed by atoms with Gasteiger partial charge in [0.2, 0.25) is 5.91 Å². The molecule has 0 saturated heterocycles. The van der Waals surface area contributed by atoms with Gasteiger partial charge in [-0.15, -0.1) is 0 Å². The SMILES string of the molecule is Cc1ccc(CCNC(=O)CCCc2ccccc2)cc1.NC(=O)Nc1c2c(cc3c1CCC3)CCC2.[HH].[HH]. The average molecular weight is 502 g/mol. The van der Waals surface area contributed by atoms with Crippen LogP contribution in [0.2, 0.25) is 0 Å². The van der Waals surface area contributed by atoms with Crippen LogP contribution in [0.3, 0.4) is 0 Å². The normalized spacial score (nSPS) is 13.2. The molecule has 3 aromatic carbocycles. The molecule has 3 amide bonds. The Morgan fingerprint density at radius 2 is 1.46 bits per heavy atom. The fraction of sp³-hybridized carbons (Fsp3) is 0.375. The third-order valence-corrected chi connectivity index (χ3v) is 7.29. The number of carbonyl (C=O) groups is 2. The molecule has 4 N–H and O–H groups in total. The lowest BCUT2D eigenvalue weighted by Gasteiger charge is -2.14. The van der Waals surface area contributed by atoms with Gasteiger partial charge in [0.25, 0.3) is 0 Å². The molecule has 0 heterocycles. The molecule has 0 atom stereocenters. The van der Waals surface area contributed by atoms with E-state index in [0.717, 1.165) is 50.6 Å². The Bertz CT molecular complexity index is 1180. The zero-order chi connectivity index (χ0) is 26.0. The van der Waals surface area contributed by atoms with Crippen LogP contribution < -0.4 is 16.4 Å². The number of nitrogens with one attached hydrogen (secondary N) is 2. The zero-order valence-electron chi connectivity index (χ0n) is 21.9. The van der Waals surface area contributed by atoms with Crippen molar-refractivity contribution in [1.29, 1.82) is 0 Å². The van der Waals surface area contributed by atoms with Crippen LogP contribution in [0.1, 0.15) is 67.5 Å². The number of urea groups is 1. The summed E-state index contributed by atoms with van der Waals surface area (Å²) in [7, 11) is 0. The van der Waals surface area contributed by atoms with Crippen LogP contribution >= 0.6 is 0 Å². The van der Waals surface area contributed by atoms with Crippen molar-refractivity contribution in [3.8, 4) is 0 Å². The van der Waals surface area contributed by atoms with Crippen molar-refractivity contribution in [3.05, 3.63) is 99.6 Å². The molecule has 3 aromatic rings. The summed E-state index contributed by atoms with van der Waals surface area (Å²) in [6, 6.07) is 20.7. The van der Waals surface area contributed by atoms with Gasteiger partial charge in [-0.3, -0.25) is 4.79 Å². The third-order valence-electron chi connectivity index (χ3n) is 7.29. The molecule has 0 fully saturated rings. The second kappa shape index (κ2) is 13.1. The molecule has 0 saturated carbocycles. The highest BCUT2D eigenvalue weighted by Gasteiger charge is 2.24. The second-order valence-corrected chi connectivity index (χ2v) is 10.1. The number of hydrogen-bond acceptors (Lipinski definition) is 2. The molecule has 5 nitrogen and oxygen atoms in total. The Balaban J connectivity index is 0.000000267. The molecule has 0 radical (unpaired) electrons. The number of aryl methyl sites for hydroxylation is 4. The van der Waals surface area contributed by atoms with Gasteiger partial charge < -0.3 is 16.4 Å². The van der Waals surface area contributed by atoms with Gasteiger partial charge in [0.05, 0.1) is 0 Å². The van der Waals surface area contributed by atoms with Gasteiger partial charge in [0.15, 0.2) is 0 Å². The Labute approximate surface area is 223 Å².